The number of nitrogens with zero attached hydrogens (tertiary/aromatic N) is 2. The molecule has 2 heterocycles. The lowest BCUT2D eigenvalue weighted by atomic mass is 9.96. The van der Waals surface area contributed by atoms with E-state index in [1.165, 1.54) is 18.3 Å². The largest absolute Gasteiger partial charge is 0.505 e. The summed E-state index contributed by atoms with van der Waals surface area (Å²) in [5.74, 6) is 0.0989. The lowest BCUT2D eigenvalue weighted by Gasteiger charge is -2.23. The van der Waals surface area contributed by atoms with E-state index in [0.717, 1.165) is 5.39 Å². The predicted molar refractivity (Wildman–Crippen MR) is 110 cm³/mol. The maximum atomic E-state index is 13.6. The Morgan fingerprint density at radius 1 is 0.964 bits per heavy atom. The summed E-state index contributed by atoms with van der Waals surface area (Å²) in [5.41, 5.74) is 1.59. The van der Waals surface area contributed by atoms with E-state index in [1.54, 1.807) is 36.5 Å². The third-order valence-electron chi connectivity index (χ3n) is 4.38. The highest BCUT2D eigenvalue weighted by molar-refractivity contribution is 6.31. The first kappa shape index (κ1) is 18.5. The number of halogens is 3. The minimum Gasteiger partial charge on any atom is -0.505 e. The molecule has 4 rings (SSSR count). The van der Waals surface area contributed by atoms with Crippen LogP contribution in [0.4, 0.5) is 10.2 Å². The second kappa shape index (κ2) is 7.62. The van der Waals surface area contributed by atoms with Crippen molar-refractivity contribution in [2.24, 2.45) is 0 Å². The molecule has 1 unspecified atom stereocenters. The average molecular weight is 414 g/mol. The van der Waals surface area contributed by atoms with Crippen molar-refractivity contribution in [3.63, 3.8) is 0 Å². The number of hydrogen-bond acceptors (Lipinski definition) is 4. The van der Waals surface area contributed by atoms with Crippen LogP contribution in [0.25, 0.3) is 10.9 Å². The van der Waals surface area contributed by atoms with Gasteiger partial charge in [0.1, 0.15) is 22.9 Å². The molecule has 2 aromatic heterocycles. The van der Waals surface area contributed by atoms with Crippen molar-refractivity contribution in [3.05, 3.63) is 94.0 Å². The number of fused-ring (bicyclic) bond motifs is 1. The first-order valence-corrected chi connectivity index (χ1v) is 9.18. The average Bonchev–Trinajstić information content (AvgIpc) is 2.69. The molecule has 4 aromatic rings. The second-order valence-electron chi connectivity index (χ2n) is 6.18. The second-order valence-corrected chi connectivity index (χ2v) is 7.03. The fourth-order valence-electron chi connectivity index (χ4n) is 3.05. The van der Waals surface area contributed by atoms with Crippen LogP contribution in [-0.2, 0) is 0 Å². The smallest absolute Gasteiger partial charge is 0.147 e. The van der Waals surface area contributed by atoms with E-state index in [0.29, 0.717) is 27.5 Å². The SMILES string of the molecule is Oc1c(C(Nc2ccc(Cl)cn2)c2ccc(F)cc2Cl)ccc2cccnc12. The van der Waals surface area contributed by atoms with Gasteiger partial charge in [0.25, 0.3) is 0 Å². The number of benzene rings is 2. The number of aromatic hydroxyl groups is 1. The third kappa shape index (κ3) is 3.59. The van der Waals surface area contributed by atoms with Gasteiger partial charge in [0.05, 0.1) is 11.1 Å². The van der Waals surface area contributed by atoms with Crippen molar-refractivity contribution in [2.75, 3.05) is 5.32 Å². The van der Waals surface area contributed by atoms with Crippen LogP contribution in [0.1, 0.15) is 17.2 Å². The number of hydrogen-bond donors (Lipinski definition) is 2. The highest BCUT2D eigenvalue weighted by Gasteiger charge is 2.22. The summed E-state index contributed by atoms with van der Waals surface area (Å²) >= 11 is 12.2. The molecule has 0 spiro atoms. The first-order valence-electron chi connectivity index (χ1n) is 8.42. The van der Waals surface area contributed by atoms with Crippen LogP contribution in [0.3, 0.4) is 0 Å². The maximum absolute atomic E-state index is 13.6. The monoisotopic (exact) mass is 413 g/mol. The van der Waals surface area contributed by atoms with Gasteiger partial charge in [-0.3, -0.25) is 4.98 Å². The molecule has 140 valence electrons. The molecule has 7 heteroatoms. The zero-order valence-electron chi connectivity index (χ0n) is 14.4. The Kier molecular flexibility index (Phi) is 5.03. The molecule has 4 nitrogen and oxygen atoms in total. The standard InChI is InChI=1S/C21H14Cl2FN3O/c22-13-4-8-18(26-11-13)27-20(15-7-5-14(24)10-17(15)23)16-6-3-12-2-1-9-25-19(12)21(16)28/h1-11,20,28H,(H,26,27). The van der Waals surface area contributed by atoms with Gasteiger partial charge >= 0.3 is 0 Å². The highest BCUT2D eigenvalue weighted by atomic mass is 35.5. The molecular formula is C21H14Cl2FN3O. The molecule has 0 aliphatic rings. The van der Waals surface area contributed by atoms with Crippen LogP contribution in [0.5, 0.6) is 5.75 Å². The molecule has 0 bridgehead atoms. The Labute approximate surface area is 170 Å². The number of phenolic OH excluding ortho intramolecular Hbond substituents is 1. The Hall–Kier alpha value is -2.89. The molecule has 0 aliphatic heterocycles. The molecule has 28 heavy (non-hydrogen) atoms. The topological polar surface area (TPSA) is 58.0 Å². The molecule has 1 atom stereocenters. The zero-order chi connectivity index (χ0) is 19.7. The number of rotatable bonds is 4. The summed E-state index contributed by atoms with van der Waals surface area (Å²) in [6.45, 7) is 0. The van der Waals surface area contributed by atoms with Gasteiger partial charge < -0.3 is 10.4 Å². The van der Waals surface area contributed by atoms with Gasteiger partial charge in [-0.15, -0.1) is 0 Å². The fourth-order valence-corrected chi connectivity index (χ4v) is 3.43. The number of nitrogens with one attached hydrogen (secondary N) is 1. The van der Waals surface area contributed by atoms with Gasteiger partial charge in [-0.2, -0.15) is 0 Å². The summed E-state index contributed by atoms with van der Waals surface area (Å²) in [6, 6.07) is 14.3. The van der Waals surface area contributed by atoms with E-state index in [9.17, 15) is 9.50 Å². The Morgan fingerprint density at radius 3 is 2.54 bits per heavy atom. The van der Waals surface area contributed by atoms with E-state index in [4.69, 9.17) is 23.2 Å². The lowest BCUT2D eigenvalue weighted by molar-refractivity contribution is 0.471. The molecule has 0 radical (unpaired) electrons. The van der Waals surface area contributed by atoms with Crippen molar-refractivity contribution in [1.82, 2.24) is 9.97 Å². The van der Waals surface area contributed by atoms with Crippen molar-refractivity contribution >= 4 is 39.9 Å². The van der Waals surface area contributed by atoms with Crippen molar-refractivity contribution < 1.29 is 9.50 Å². The van der Waals surface area contributed by atoms with Crippen LogP contribution in [-0.4, -0.2) is 15.1 Å². The number of anilines is 1. The fraction of sp³-hybridized carbons (Fsp3) is 0.0476. The molecule has 2 N–H and O–H groups in total. The zero-order valence-corrected chi connectivity index (χ0v) is 15.9. The van der Waals surface area contributed by atoms with Gasteiger partial charge in [-0.25, -0.2) is 9.37 Å². The molecule has 0 aliphatic carbocycles. The molecule has 2 aromatic carbocycles. The Bertz CT molecular complexity index is 1150. The van der Waals surface area contributed by atoms with Crippen LogP contribution < -0.4 is 5.32 Å². The van der Waals surface area contributed by atoms with Gasteiger partial charge in [-0.1, -0.05) is 47.5 Å². The van der Waals surface area contributed by atoms with Crippen molar-refractivity contribution in [2.45, 2.75) is 6.04 Å². The minimum atomic E-state index is -0.590. The Balaban J connectivity index is 1.87. The van der Waals surface area contributed by atoms with Crippen LogP contribution >= 0.6 is 23.2 Å². The first-order chi connectivity index (χ1) is 13.5. The Morgan fingerprint density at radius 2 is 1.79 bits per heavy atom. The van der Waals surface area contributed by atoms with E-state index >= 15 is 0 Å². The lowest BCUT2D eigenvalue weighted by Crippen LogP contribution is -2.14. The minimum absolute atomic E-state index is 0.0185. The van der Waals surface area contributed by atoms with Crippen molar-refractivity contribution in [1.29, 1.82) is 0 Å². The normalized spacial score (nSPS) is 12.1. The summed E-state index contributed by atoms with van der Waals surface area (Å²) in [4.78, 5) is 8.52. The van der Waals surface area contributed by atoms with Crippen LogP contribution in [0.2, 0.25) is 10.0 Å². The van der Waals surface area contributed by atoms with Gasteiger partial charge in [0.2, 0.25) is 0 Å². The summed E-state index contributed by atoms with van der Waals surface area (Å²) in [5, 5.41) is 15.7. The molecule has 0 amide bonds. The number of pyridine rings is 2. The van der Waals surface area contributed by atoms with Crippen molar-refractivity contribution in [3.8, 4) is 5.75 Å². The van der Waals surface area contributed by atoms with E-state index < -0.39 is 11.9 Å². The van der Waals surface area contributed by atoms with E-state index in [-0.39, 0.29) is 10.8 Å². The van der Waals surface area contributed by atoms with Crippen LogP contribution in [0.15, 0.2) is 67.0 Å². The summed E-state index contributed by atoms with van der Waals surface area (Å²) in [7, 11) is 0. The molecule has 0 fully saturated rings. The van der Waals surface area contributed by atoms with E-state index in [2.05, 4.69) is 15.3 Å². The van der Waals surface area contributed by atoms with Gasteiger partial charge in [-0.05, 0) is 35.9 Å². The van der Waals surface area contributed by atoms with Gasteiger partial charge in [0.15, 0.2) is 0 Å². The molecule has 0 saturated carbocycles. The number of aromatic nitrogens is 2. The quantitative estimate of drug-likeness (QED) is 0.431. The highest BCUT2D eigenvalue weighted by Crippen LogP contribution is 2.38. The predicted octanol–water partition coefficient (Wildman–Crippen LogP) is 5.98. The number of phenols is 1. The maximum Gasteiger partial charge on any atom is 0.147 e. The van der Waals surface area contributed by atoms with Gasteiger partial charge in [0, 0.05) is 28.4 Å². The summed E-state index contributed by atoms with van der Waals surface area (Å²) in [6.07, 6.45) is 3.12. The third-order valence-corrected chi connectivity index (χ3v) is 4.93. The molecular weight excluding hydrogens is 400 g/mol. The molecule has 0 saturated heterocycles. The summed E-state index contributed by atoms with van der Waals surface area (Å²) < 4.78 is 13.6. The van der Waals surface area contributed by atoms with Crippen LogP contribution in [0, 0.1) is 5.82 Å². The van der Waals surface area contributed by atoms with E-state index in [1.807, 2.05) is 12.1 Å².